The molecule has 0 saturated carbocycles. The first-order chi connectivity index (χ1) is 10.0. The van der Waals surface area contributed by atoms with Crippen LogP contribution in [-0.4, -0.2) is 13.1 Å². The number of aryl methyl sites for hydroxylation is 1. The van der Waals surface area contributed by atoms with Crippen molar-refractivity contribution >= 4 is 5.69 Å². The molecule has 0 saturated heterocycles. The first kappa shape index (κ1) is 17.0. The predicted octanol–water partition coefficient (Wildman–Crippen LogP) is 5.45. The van der Waals surface area contributed by atoms with Gasteiger partial charge < -0.3 is 4.90 Å². The Morgan fingerprint density at radius 1 is 1.33 bits per heavy atom. The molecule has 0 aliphatic rings. The summed E-state index contributed by atoms with van der Waals surface area (Å²) >= 11 is 0. The molecule has 1 unspecified atom stereocenters. The average Bonchev–Trinajstić information content (AvgIpc) is 2.48. The van der Waals surface area contributed by atoms with E-state index in [1.165, 1.54) is 11.3 Å². The first-order valence-electron chi connectivity index (χ1n) is 7.45. The number of anilines is 1. The van der Waals surface area contributed by atoms with Crippen LogP contribution >= 0.6 is 0 Å². The van der Waals surface area contributed by atoms with E-state index in [9.17, 15) is 0 Å². The molecule has 112 valence electrons. The van der Waals surface area contributed by atoms with Crippen LogP contribution in [0.5, 0.6) is 0 Å². The van der Waals surface area contributed by atoms with Crippen LogP contribution in [0.15, 0.2) is 72.9 Å². The van der Waals surface area contributed by atoms with E-state index in [1.54, 1.807) is 0 Å². The number of nitrogens with zero attached hydrogens (tertiary/aromatic N) is 1. The molecule has 0 amide bonds. The van der Waals surface area contributed by atoms with Gasteiger partial charge >= 0.3 is 0 Å². The first-order valence-corrected chi connectivity index (χ1v) is 7.45. The van der Waals surface area contributed by atoms with Crippen molar-refractivity contribution in [3.05, 3.63) is 78.4 Å². The van der Waals surface area contributed by atoms with Crippen molar-refractivity contribution in [2.75, 3.05) is 11.9 Å². The van der Waals surface area contributed by atoms with Crippen molar-refractivity contribution in [2.45, 2.75) is 33.2 Å². The summed E-state index contributed by atoms with van der Waals surface area (Å²) in [6, 6.07) is 8.77. The van der Waals surface area contributed by atoms with Crippen LogP contribution in [0.1, 0.15) is 25.8 Å². The smallest absolute Gasteiger partial charge is 0.0530 e. The van der Waals surface area contributed by atoms with Gasteiger partial charge in [-0.2, -0.15) is 0 Å². The molecule has 1 aromatic carbocycles. The van der Waals surface area contributed by atoms with Gasteiger partial charge in [0.15, 0.2) is 0 Å². The minimum Gasteiger partial charge on any atom is -0.367 e. The second kappa shape index (κ2) is 8.31. The van der Waals surface area contributed by atoms with Crippen LogP contribution in [0, 0.1) is 6.92 Å². The van der Waals surface area contributed by atoms with Crippen molar-refractivity contribution in [1.82, 2.24) is 0 Å². The second-order valence-corrected chi connectivity index (χ2v) is 5.37. The lowest BCUT2D eigenvalue weighted by Crippen LogP contribution is -2.32. The largest absolute Gasteiger partial charge is 0.367 e. The van der Waals surface area contributed by atoms with Crippen LogP contribution in [0.3, 0.4) is 0 Å². The number of likely N-dealkylation sites (N-methyl/N-ethyl adjacent to an activating group) is 1. The van der Waals surface area contributed by atoms with Gasteiger partial charge in [0.2, 0.25) is 0 Å². The van der Waals surface area contributed by atoms with Crippen LogP contribution in [0.4, 0.5) is 5.69 Å². The molecular formula is C20H27N. The van der Waals surface area contributed by atoms with Crippen LogP contribution in [0.25, 0.3) is 0 Å². The monoisotopic (exact) mass is 281 g/mol. The third kappa shape index (κ3) is 4.78. The van der Waals surface area contributed by atoms with E-state index in [2.05, 4.69) is 75.4 Å². The Morgan fingerprint density at radius 3 is 2.57 bits per heavy atom. The standard InChI is InChI=1S/C20H27N/c1-7-16(3)12-11-14-17(4)19(8-2)21(6)20-15-10-9-13-18(20)5/h7,9-15,19H,1,4,8H2,2-3,5-6H3/b14-11-,16-12+. The molecule has 0 spiro atoms. The molecule has 0 aliphatic heterocycles. The Kier molecular flexibility index (Phi) is 6.74. The number of rotatable bonds is 7. The third-order valence-electron chi connectivity index (χ3n) is 3.77. The summed E-state index contributed by atoms with van der Waals surface area (Å²) in [6.07, 6.45) is 9.07. The van der Waals surface area contributed by atoms with Gasteiger partial charge in [-0.25, -0.2) is 0 Å². The summed E-state index contributed by atoms with van der Waals surface area (Å²) in [7, 11) is 2.14. The molecule has 1 rings (SSSR count). The zero-order valence-electron chi connectivity index (χ0n) is 13.8. The molecule has 1 atom stereocenters. The van der Waals surface area contributed by atoms with Crippen LogP contribution in [0.2, 0.25) is 0 Å². The van der Waals surface area contributed by atoms with Gasteiger partial charge in [-0.15, -0.1) is 0 Å². The Labute approximate surface area is 130 Å². The van der Waals surface area contributed by atoms with Crippen molar-refractivity contribution in [3.63, 3.8) is 0 Å². The second-order valence-electron chi connectivity index (χ2n) is 5.37. The SMILES string of the molecule is C=C/C(C)=C/C=C\C(=C)C(CC)N(C)c1ccccc1C. The number of hydrogen-bond donors (Lipinski definition) is 0. The Morgan fingerprint density at radius 2 is 2.00 bits per heavy atom. The number of allylic oxidation sites excluding steroid dienone is 4. The van der Waals surface area contributed by atoms with Gasteiger partial charge in [-0.3, -0.25) is 0 Å². The summed E-state index contributed by atoms with van der Waals surface area (Å²) < 4.78 is 0. The van der Waals surface area contributed by atoms with Gasteiger partial charge in [-0.05, 0) is 37.5 Å². The highest BCUT2D eigenvalue weighted by Gasteiger charge is 2.16. The predicted molar refractivity (Wildman–Crippen MR) is 95.9 cm³/mol. The highest BCUT2D eigenvalue weighted by atomic mass is 15.1. The van der Waals surface area contributed by atoms with Crippen molar-refractivity contribution < 1.29 is 0 Å². The summed E-state index contributed by atoms with van der Waals surface area (Å²) in [5.74, 6) is 0. The summed E-state index contributed by atoms with van der Waals surface area (Å²) in [5.41, 5.74) is 4.82. The van der Waals surface area contributed by atoms with E-state index in [0.29, 0.717) is 6.04 Å². The number of para-hydroxylation sites is 1. The zero-order valence-corrected chi connectivity index (χ0v) is 13.8. The Hall–Kier alpha value is -2.02. The van der Waals surface area contributed by atoms with Gasteiger partial charge in [0.1, 0.15) is 0 Å². The number of hydrogen-bond acceptors (Lipinski definition) is 1. The van der Waals surface area contributed by atoms with E-state index in [0.717, 1.165) is 17.6 Å². The van der Waals surface area contributed by atoms with Crippen LogP contribution in [-0.2, 0) is 0 Å². The molecule has 0 aliphatic carbocycles. The maximum Gasteiger partial charge on any atom is 0.0530 e. The normalized spacial score (nSPS) is 13.2. The van der Waals surface area contributed by atoms with E-state index >= 15 is 0 Å². The van der Waals surface area contributed by atoms with Crippen LogP contribution < -0.4 is 4.90 Å². The maximum atomic E-state index is 4.24. The summed E-state index contributed by atoms with van der Waals surface area (Å²) in [5, 5.41) is 0. The number of benzene rings is 1. The molecule has 0 bridgehead atoms. The molecule has 0 heterocycles. The summed E-state index contributed by atoms with van der Waals surface area (Å²) in [4.78, 5) is 2.31. The zero-order chi connectivity index (χ0) is 15.8. The minimum absolute atomic E-state index is 0.305. The fourth-order valence-corrected chi connectivity index (χ4v) is 2.41. The molecule has 1 aromatic rings. The van der Waals surface area contributed by atoms with Gasteiger partial charge in [-0.1, -0.05) is 68.2 Å². The quantitative estimate of drug-likeness (QED) is 0.600. The lowest BCUT2D eigenvalue weighted by molar-refractivity contribution is 0.700. The molecule has 1 nitrogen and oxygen atoms in total. The van der Waals surface area contributed by atoms with Gasteiger partial charge in [0, 0.05) is 12.7 Å². The molecule has 0 fully saturated rings. The topological polar surface area (TPSA) is 3.24 Å². The van der Waals surface area contributed by atoms with E-state index in [-0.39, 0.29) is 0 Å². The molecule has 0 aromatic heterocycles. The fraction of sp³-hybridized carbons (Fsp3) is 0.300. The molecule has 21 heavy (non-hydrogen) atoms. The molecule has 1 heteroatoms. The van der Waals surface area contributed by atoms with Crippen molar-refractivity contribution in [1.29, 1.82) is 0 Å². The average molecular weight is 281 g/mol. The summed E-state index contributed by atoms with van der Waals surface area (Å²) in [6.45, 7) is 14.4. The highest BCUT2D eigenvalue weighted by molar-refractivity contribution is 5.55. The Balaban J connectivity index is 2.90. The Bertz CT molecular complexity index is 549. The van der Waals surface area contributed by atoms with Crippen molar-refractivity contribution in [3.8, 4) is 0 Å². The fourth-order valence-electron chi connectivity index (χ4n) is 2.41. The van der Waals surface area contributed by atoms with E-state index in [4.69, 9.17) is 0 Å². The maximum absolute atomic E-state index is 4.24. The van der Waals surface area contributed by atoms with E-state index < -0.39 is 0 Å². The lowest BCUT2D eigenvalue weighted by Gasteiger charge is -2.31. The van der Waals surface area contributed by atoms with Gasteiger partial charge in [0.25, 0.3) is 0 Å². The highest BCUT2D eigenvalue weighted by Crippen LogP contribution is 2.24. The lowest BCUT2D eigenvalue weighted by atomic mass is 10.0. The third-order valence-corrected chi connectivity index (χ3v) is 3.77. The van der Waals surface area contributed by atoms with E-state index in [1.807, 2.05) is 19.1 Å². The van der Waals surface area contributed by atoms with Gasteiger partial charge in [0.05, 0.1) is 6.04 Å². The minimum atomic E-state index is 0.305. The van der Waals surface area contributed by atoms with Crippen molar-refractivity contribution in [2.24, 2.45) is 0 Å². The molecular weight excluding hydrogens is 254 g/mol. The molecule has 0 radical (unpaired) electrons. The molecule has 0 N–H and O–H groups in total.